The Morgan fingerprint density at radius 1 is 0.583 bits per heavy atom. The highest BCUT2D eigenvalue weighted by atomic mass is 127. The Morgan fingerprint density at radius 3 is 0.583 bits per heavy atom. The quantitative estimate of drug-likeness (QED) is 0.337. The van der Waals surface area contributed by atoms with Gasteiger partial charge in [-0.2, -0.15) is 28.0 Å². The predicted molar refractivity (Wildman–Crippen MR) is 35.3 cm³/mol. The second kappa shape index (κ2) is 9.28. The monoisotopic (exact) mass is 456 g/mol. The van der Waals surface area contributed by atoms with Gasteiger partial charge in [-0.25, -0.2) is 0 Å². The van der Waals surface area contributed by atoms with Gasteiger partial charge in [-0.05, 0) is 0 Å². The van der Waals surface area contributed by atoms with Crippen LogP contribution in [0.5, 0.6) is 0 Å². The molecular formula is H4Cl2I2O8. The fourth-order valence-corrected chi connectivity index (χ4v) is 0. The summed E-state index contributed by atoms with van der Waals surface area (Å²) >= 11 is 0. The third-order valence-corrected chi connectivity index (χ3v) is 0. The van der Waals surface area contributed by atoms with Crippen molar-refractivity contribution in [3.05, 3.63) is 0 Å². The van der Waals surface area contributed by atoms with Gasteiger partial charge in [-0.1, -0.05) is 0 Å². The van der Waals surface area contributed by atoms with E-state index >= 15 is 0 Å². The summed E-state index contributed by atoms with van der Waals surface area (Å²) in [7, 11) is -9.39. The van der Waals surface area contributed by atoms with Crippen LogP contribution in [0.25, 0.3) is 0 Å². The maximum Gasteiger partial charge on any atom is 0.0777 e. The average molecular weight is 457 g/mol. The van der Waals surface area contributed by atoms with E-state index in [-0.39, 0.29) is 48.0 Å². The van der Waals surface area contributed by atoms with Crippen LogP contribution in [-0.2, 0) is 0 Å². The molecule has 0 spiro atoms. The molecule has 0 rings (SSSR count). The van der Waals surface area contributed by atoms with Gasteiger partial charge in [0.05, 0.1) is 29.8 Å². The minimum Gasteiger partial charge on any atom is -0.183 e. The lowest BCUT2D eigenvalue weighted by molar-refractivity contribution is -1.92. The maximum atomic E-state index is 8.60. The Balaban J connectivity index is -0.0000000457. The summed E-state index contributed by atoms with van der Waals surface area (Å²) in [6.07, 6.45) is 0. The van der Waals surface area contributed by atoms with Gasteiger partial charge in [0.15, 0.2) is 0 Å². The number of rotatable bonds is 0. The Labute approximate surface area is 105 Å². The molecular weight excluding hydrogens is 453 g/mol. The molecule has 0 amide bonds. The molecule has 0 aliphatic carbocycles. The van der Waals surface area contributed by atoms with Crippen molar-refractivity contribution in [3.8, 4) is 0 Å². The minimum atomic E-state index is -4.69. The first kappa shape index (κ1) is 23.5. The second-order valence-electron chi connectivity index (χ2n) is 0.792. The molecule has 2 N–H and O–H groups in total. The van der Waals surface area contributed by atoms with Crippen molar-refractivity contribution >= 4 is 48.0 Å². The highest BCUT2D eigenvalue weighted by molar-refractivity contribution is 14.0. The second-order valence-corrected chi connectivity index (χ2v) is 2.38. The van der Waals surface area contributed by atoms with Crippen molar-refractivity contribution in [2.45, 2.75) is 0 Å². The molecule has 0 aromatic rings. The van der Waals surface area contributed by atoms with E-state index in [2.05, 4.69) is 0 Å². The van der Waals surface area contributed by atoms with E-state index in [9.17, 15) is 0 Å². The van der Waals surface area contributed by atoms with Gasteiger partial charge in [-0.15, -0.1) is 48.0 Å². The zero-order chi connectivity index (χ0) is 9.00. The van der Waals surface area contributed by atoms with Gasteiger partial charge in [0.2, 0.25) is 0 Å². The van der Waals surface area contributed by atoms with Gasteiger partial charge in [0.1, 0.15) is 0 Å². The standard InChI is InChI=1S/2ClHO4.2HI/c2*2-1(3,4)5;;/h2*(H,2,3,4,5);2*1H. The zero-order valence-electron chi connectivity index (χ0n) is 4.92. The third kappa shape index (κ3) is 455. The van der Waals surface area contributed by atoms with E-state index < -0.39 is 20.5 Å². The van der Waals surface area contributed by atoms with Gasteiger partial charge < -0.3 is 0 Å². The van der Waals surface area contributed by atoms with Crippen LogP contribution >= 0.6 is 48.0 Å². The molecule has 12 heteroatoms. The van der Waals surface area contributed by atoms with Gasteiger partial charge in [0.25, 0.3) is 0 Å². The molecule has 0 fully saturated rings. The number of hydrogen-bond donors (Lipinski definition) is 2. The van der Waals surface area contributed by atoms with Crippen molar-refractivity contribution in [1.29, 1.82) is 0 Å². The fraction of sp³-hybridized carbons (Fsp3) is 0. The van der Waals surface area contributed by atoms with E-state index in [0.29, 0.717) is 0 Å². The summed E-state index contributed by atoms with van der Waals surface area (Å²) in [5, 5.41) is 0. The van der Waals surface area contributed by atoms with Crippen molar-refractivity contribution in [2.75, 3.05) is 0 Å². The van der Waals surface area contributed by atoms with Crippen LogP contribution in [0.1, 0.15) is 0 Å². The number of hydrogen-bond acceptors (Lipinski definition) is 8. The highest BCUT2D eigenvalue weighted by Gasteiger charge is 1.99. The molecule has 0 aliphatic heterocycles. The van der Waals surface area contributed by atoms with E-state index in [1.165, 1.54) is 0 Å². The van der Waals surface area contributed by atoms with E-state index in [0.717, 1.165) is 0 Å². The summed E-state index contributed by atoms with van der Waals surface area (Å²) in [5.41, 5.74) is 0. The molecule has 0 radical (unpaired) electrons. The first-order valence-electron chi connectivity index (χ1n) is 1.26. The SMILES string of the molecule is I.I.[O-][Cl+3]([O-])([O-])O.[O-][Cl+3]([O-])([O-])O. The highest BCUT2D eigenvalue weighted by Crippen LogP contribution is 1.61. The molecule has 0 aromatic carbocycles. The Hall–Kier alpha value is 1.72. The van der Waals surface area contributed by atoms with E-state index in [1.807, 2.05) is 0 Å². The van der Waals surface area contributed by atoms with Crippen LogP contribution in [0.4, 0.5) is 0 Å². The molecule has 0 atom stereocenters. The largest absolute Gasteiger partial charge is 0.183 e. The smallest absolute Gasteiger partial charge is 0.0777 e. The minimum absolute atomic E-state index is 0. The molecule has 12 heavy (non-hydrogen) atoms. The van der Waals surface area contributed by atoms with E-state index in [1.54, 1.807) is 0 Å². The molecule has 0 aliphatic rings. The van der Waals surface area contributed by atoms with Crippen molar-refractivity contribution in [3.63, 3.8) is 0 Å². The lowest BCUT2D eigenvalue weighted by Gasteiger charge is -2.03. The summed E-state index contributed by atoms with van der Waals surface area (Å²) < 4.78 is 65.4. The van der Waals surface area contributed by atoms with Crippen LogP contribution in [0.15, 0.2) is 0 Å². The molecule has 0 bridgehead atoms. The first-order chi connectivity index (χ1) is 4.00. The average Bonchev–Trinajstić information content (AvgIpc) is 1.12. The summed E-state index contributed by atoms with van der Waals surface area (Å²) in [6.45, 7) is 0. The van der Waals surface area contributed by atoms with Crippen LogP contribution in [0, 0.1) is 20.5 Å². The number of halogens is 4. The lowest BCUT2D eigenvalue weighted by Crippen LogP contribution is -2.58. The molecule has 0 unspecified atom stereocenters. The van der Waals surface area contributed by atoms with Crippen LogP contribution in [0.3, 0.4) is 0 Å². The van der Waals surface area contributed by atoms with E-state index in [4.69, 9.17) is 37.3 Å². The molecule has 80 valence electrons. The van der Waals surface area contributed by atoms with Gasteiger partial charge in [0, 0.05) is 0 Å². The first-order valence-corrected chi connectivity index (χ1v) is 3.79. The Kier molecular flexibility index (Phi) is 18.2. The van der Waals surface area contributed by atoms with Crippen molar-refractivity contribution in [2.24, 2.45) is 0 Å². The fourth-order valence-electron chi connectivity index (χ4n) is 0. The third-order valence-electron chi connectivity index (χ3n) is 0. The van der Waals surface area contributed by atoms with Crippen molar-refractivity contribution < 1.29 is 57.8 Å². The zero-order valence-corrected chi connectivity index (χ0v) is 11.1. The van der Waals surface area contributed by atoms with Crippen LogP contribution in [0.2, 0.25) is 0 Å². The van der Waals surface area contributed by atoms with Crippen LogP contribution < -0.4 is 28.0 Å². The molecule has 0 saturated carbocycles. The molecule has 0 saturated heterocycles. The topological polar surface area (TPSA) is 179 Å². The van der Waals surface area contributed by atoms with Crippen LogP contribution in [-0.4, -0.2) is 9.32 Å². The predicted octanol–water partition coefficient (Wildman–Crippen LogP) is -7.01. The summed E-state index contributed by atoms with van der Waals surface area (Å²) in [4.78, 5) is 0. The van der Waals surface area contributed by atoms with Gasteiger partial charge >= 0.3 is 0 Å². The summed E-state index contributed by atoms with van der Waals surface area (Å²) in [5.74, 6) is 0. The molecule has 0 heterocycles. The lowest BCUT2D eigenvalue weighted by atomic mass is 15.8. The normalized spacial score (nSPS) is 10.0. The molecule has 8 nitrogen and oxygen atoms in total. The molecule has 0 aromatic heterocycles. The maximum absolute atomic E-state index is 8.60. The summed E-state index contributed by atoms with van der Waals surface area (Å²) in [6, 6.07) is 0. The Morgan fingerprint density at radius 2 is 0.583 bits per heavy atom. The Bertz CT molecular complexity index is 58.0. The van der Waals surface area contributed by atoms with Crippen molar-refractivity contribution in [1.82, 2.24) is 0 Å². The van der Waals surface area contributed by atoms with Gasteiger partial charge in [-0.3, -0.25) is 0 Å².